The van der Waals surface area contributed by atoms with Crippen molar-refractivity contribution >= 4 is 27.8 Å². The quantitative estimate of drug-likeness (QED) is 0.180. The van der Waals surface area contributed by atoms with Gasteiger partial charge >= 0.3 is 6.09 Å². The highest BCUT2D eigenvalue weighted by Gasteiger charge is 2.44. The number of benzene rings is 2. The second-order valence-corrected chi connectivity index (χ2v) is 12.5. The molecule has 224 valence electrons. The third kappa shape index (κ3) is 5.08. The van der Waals surface area contributed by atoms with Crippen molar-refractivity contribution in [1.82, 2.24) is 14.5 Å². The van der Waals surface area contributed by atoms with Crippen molar-refractivity contribution in [2.24, 2.45) is 5.92 Å². The molecule has 43 heavy (non-hydrogen) atoms. The first kappa shape index (κ1) is 28.9. The topological polar surface area (TPSA) is 65.8 Å². The molecule has 4 heterocycles. The first-order chi connectivity index (χ1) is 20.5. The Kier molecular flexibility index (Phi) is 7.29. The maximum atomic E-state index is 16.6. The predicted octanol–water partition coefficient (Wildman–Crippen LogP) is 7.37. The first-order valence-corrected chi connectivity index (χ1v) is 14.5. The number of methoxy groups -OCH3 is 1. The molecule has 2 saturated heterocycles. The zero-order valence-corrected chi connectivity index (χ0v) is 25.0. The van der Waals surface area contributed by atoms with E-state index in [1.54, 1.807) is 24.4 Å². The average molecular weight is 588 g/mol. The fraction of sp³-hybridized carbons (Fsp3) is 0.412. The number of terminal acetylenes is 1. The van der Waals surface area contributed by atoms with Crippen LogP contribution < -0.4 is 4.74 Å². The highest BCUT2D eigenvalue weighted by atomic mass is 19.1. The molecule has 0 spiro atoms. The number of ether oxygens (including phenoxy) is 3. The van der Waals surface area contributed by atoms with Gasteiger partial charge < -0.3 is 23.7 Å². The minimum Gasteiger partial charge on any atom is -0.468 e. The lowest BCUT2D eigenvalue weighted by Crippen LogP contribution is -2.55. The molecule has 1 saturated carbocycles. The van der Waals surface area contributed by atoms with Gasteiger partial charge in [0.15, 0.2) is 12.6 Å². The van der Waals surface area contributed by atoms with Gasteiger partial charge in [-0.15, -0.1) is 6.42 Å². The summed E-state index contributed by atoms with van der Waals surface area (Å²) in [5.41, 5.74) is 1.32. The van der Waals surface area contributed by atoms with Gasteiger partial charge in [-0.2, -0.15) is 0 Å². The second kappa shape index (κ2) is 10.8. The third-order valence-corrected chi connectivity index (χ3v) is 8.57. The maximum Gasteiger partial charge on any atom is 0.410 e. The number of carbonyl (C=O) groups is 1. The number of aryl methyl sites for hydroxylation is 1. The van der Waals surface area contributed by atoms with Crippen LogP contribution in [0.3, 0.4) is 0 Å². The Labute approximate surface area is 249 Å². The van der Waals surface area contributed by atoms with E-state index in [9.17, 15) is 9.18 Å². The lowest BCUT2D eigenvalue weighted by molar-refractivity contribution is -0.0256. The number of aromatic nitrogens is 2. The third-order valence-electron chi connectivity index (χ3n) is 8.57. The molecule has 1 amide bonds. The zero-order chi connectivity index (χ0) is 30.6. The number of amides is 1. The standard InChI is InChI=1S/C34H35F2N3O4/c1-7-24-26(35)11-9-20-12-23(42-18-41-6)14-25(30(20)24)32-31(36)29-19(2)16-39(28(29)15-37-32)27-13-22-10-8-21(27)17-38(22)33(40)43-34(3,4)5/h1,9,11-12,14-16,21-22,27H,8,10,13,17-18H2,2-6H3. The van der Waals surface area contributed by atoms with Gasteiger partial charge in [0.25, 0.3) is 0 Å². The molecule has 1 aliphatic carbocycles. The van der Waals surface area contributed by atoms with Crippen LogP contribution in [0.15, 0.2) is 36.7 Å². The molecule has 2 aromatic heterocycles. The lowest BCUT2D eigenvalue weighted by atomic mass is 9.76. The molecule has 0 radical (unpaired) electrons. The number of halogens is 2. The molecule has 3 atom stereocenters. The van der Waals surface area contributed by atoms with Gasteiger partial charge in [0.2, 0.25) is 0 Å². The van der Waals surface area contributed by atoms with Crippen LogP contribution >= 0.6 is 0 Å². The van der Waals surface area contributed by atoms with Gasteiger partial charge in [0, 0.05) is 48.3 Å². The fourth-order valence-electron chi connectivity index (χ4n) is 6.78. The molecule has 9 heteroatoms. The van der Waals surface area contributed by atoms with Gasteiger partial charge in [-0.1, -0.05) is 12.0 Å². The van der Waals surface area contributed by atoms with Crippen LogP contribution in [0.5, 0.6) is 5.75 Å². The molecule has 3 aliphatic rings. The number of nitrogens with zero attached hydrogens (tertiary/aromatic N) is 3. The SMILES string of the molecule is C#Cc1c(F)ccc2cc(OCOC)cc(-c3ncc4c(c(C)cn4C4CC5CCC4CN5C(=O)OC(C)(C)C)c3F)c12. The summed E-state index contributed by atoms with van der Waals surface area (Å²) in [6.07, 6.45) is 11.7. The van der Waals surface area contributed by atoms with Crippen molar-refractivity contribution in [3.8, 4) is 29.4 Å². The number of piperidine rings is 2. The molecule has 2 bridgehead atoms. The number of fused-ring (bicyclic) bond motifs is 5. The Hall–Kier alpha value is -4.16. The van der Waals surface area contributed by atoms with Gasteiger partial charge in [-0.3, -0.25) is 4.98 Å². The van der Waals surface area contributed by atoms with E-state index in [1.807, 2.05) is 38.8 Å². The van der Waals surface area contributed by atoms with Crippen LogP contribution in [0.1, 0.15) is 57.2 Å². The van der Waals surface area contributed by atoms with E-state index >= 15 is 4.39 Å². The molecule has 2 aromatic carbocycles. The Morgan fingerprint density at radius 2 is 1.98 bits per heavy atom. The molecule has 7 nitrogen and oxygen atoms in total. The van der Waals surface area contributed by atoms with Crippen molar-refractivity contribution in [3.05, 3.63) is 59.4 Å². The van der Waals surface area contributed by atoms with E-state index < -0.39 is 17.2 Å². The zero-order valence-electron chi connectivity index (χ0n) is 25.0. The summed E-state index contributed by atoms with van der Waals surface area (Å²) in [5.74, 6) is 1.97. The van der Waals surface area contributed by atoms with Crippen LogP contribution in [-0.2, 0) is 9.47 Å². The fourth-order valence-corrected chi connectivity index (χ4v) is 6.78. The Morgan fingerprint density at radius 3 is 2.65 bits per heavy atom. The normalized spacial score (nSPS) is 20.0. The number of carbonyl (C=O) groups excluding carboxylic acids is 1. The van der Waals surface area contributed by atoms with Crippen molar-refractivity contribution in [3.63, 3.8) is 0 Å². The highest BCUT2D eigenvalue weighted by molar-refractivity contribution is 6.02. The monoisotopic (exact) mass is 587 g/mol. The molecule has 0 N–H and O–H groups in total. The molecule has 7 rings (SSSR count). The molecular formula is C34H35F2N3O4. The largest absolute Gasteiger partial charge is 0.468 e. The molecule has 3 fully saturated rings. The molecular weight excluding hydrogens is 552 g/mol. The van der Waals surface area contributed by atoms with E-state index in [2.05, 4.69) is 15.5 Å². The summed E-state index contributed by atoms with van der Waals surface area (Å²) in [7, 11) is 1.50. The minimum atomic E-state index is -0.571. The van der Waals surface area contributed by atoms with Crippen LogP contribution in [0.2, 0.25) is 0 Å². The first-order valence-electron chi connectivity index (χ1n) is 14.5. The Balaban J connectivity index is 1.42. The summed E-state index contributed by atoms with van der Waals surface area (Å²) in [4.78, 5) is 19.4. The Morgan fingerprint density at radius 1 is 1.19 bits per heavy atom. The predicted molar refractivity (Wildman–Crippen MR) is 161 cm³/mol. The van der Waals surface area contributed by atoms with Crippen LogP contribution in [-0.4, -0.2) is 52.6 Å². The van der Waals surface area contributed by atoms with Crippen molar-refractivity contribution in [1.29, 1.82) is 0 Å². The van der Waals surface area contributed by atoms with E-state index in [1.165, 1.54) is 13.2 Å². The summed E-state index contributed by atoms with van der Waals surface area (Å²) >= 11 is 0. The minimum absolute atomic E-state index is 0.0139. The smallest absolute Gasteiger partial charge is 0.410 e. The summed E-state index contributed by atoms with van der Waals surface area (Å²) in [5, 5.41) is 1.44. The molecule has 3 unspecified atom stereocenters. The van der Waals surface area contributed by atoms with Gasteiger partial charge in [0.05, 0.1) is 17.3 Å². The van der Waals surface area contributed by atoms with Crippen molar-refractivity contribution in [2.75, 3.05) is 20.4 Å². The van der Waals surface area contributed by atoms with E-state index in [-0.39, 0.29) is 42.1 Å². The number of hydrogen-bond donors (Lipinski definition) is 0. The maximum absolute atomic E-state index is 16.6. The number of pyridine rings is 1. The average Bonchev–Trinajstić information content (AvgIpc) is 3.32. The highest BCUT2D eigenvalue weighted by Crippen LogP contribution is 2.45. The van der Waals surface area contributed by atoms with Gasteiger partial charge in [-0.05, 0) is 82.0 Å². The van der Waals surface area contributed by atoms with E-state index in [4.69, 9.17) is 20.6 Å². The van der Waals surface area contributed by atoms with Crippen LogP contribution in [0.4, 0.5) is 13.6 Å². The van der Waals surface area contributed by atoms with Crippen molar-refractivity contribution < 1.29 is 27.8 Å². The summed E-state index contributed by atoms with van der Waals surface area (Å²) in [6.45, 7) is 8.07. The Bertz CT molecular complexity index is 1790. The summed E-state index contributed by atoms with van der Waals surface area (Å²) < 4.78 is 50.0. The number of hydrogen-bond acceptors (Lipinski definition) is 5. The molecule has 4 aromatic rings. The van der Waals surface area contributed by atoms with Gasteiger partial charge in [-0.25, -0.2) is 13.6 Å². The van der Waals surface area contributed by atoms with Crippen LogP contribution in [0, 0.1) is 36.8 Å². The lowest BCUT2D eigenvalue weighted by Gasteiger charge is -2.49. The molecule has 2 aliphatic heterocycles. The van der Waals surface area contributed by atoms with Crippen LogP contribution in [0.25, 0.3) is 32.9 Å². The number of rotatable bonds is 5. The second-order valence-electron chi connectivity index (χ2n) is 12.5. The summed E-state index contributed by atoms with van der Waals surface area (Å²) in [6, 6.07) is 6.37. The van der Waals surface area contributed by atoms with Gasteiger partial charge in [0.1, 0.15) is 22.9 Å². The van der Waals surface area contributed by atoms with E-state index in [0.717, 1.165) is 24.8 Å². The van der Waals surface area contributed by atoms with Crippen molar-refractivity contribution in [2.45, 2.75) is 64.6 Å². The van der Waals surface area contributed by atoms with E-state index in [0.29, 0.717) is 39.5 Å².